The van der Waals surface area contributed by atoms with Gasteiger partial charge in [0.25, 0.3) is 5.56 Å². The van der Waals surface area contributed by atoms with E-state index in [1.165, 1.54) is 4.80 Å². The van der Waals surface area contributed by atoms with Gasteiger partial charge in [-0.1, -0.05) is 30.3 Å². The molecule has 0 spiro atoms. The number of nitrogens with zero attached hydrogens (tertiary/aromatic N) is 5. The van der Waals surface area contributed by atoms with Crippen LogP contribution in [0.2, 0.25) is 0 Å². The first-order valence-corrected chi connectivity index (χ1v) is 11.2. The minimum atomic E-state index is -0.217. The van der Waals surface area contributed by atoms with Crippen LogP contribution in [-0.4, -0.2) is 49.4 Å². The number of amides is 1. The maximum atomic E-state index is 12.1. The van der Waals surface area contributed by atoms with Gasteiger partial charge in [0.05, 0.1) is 11.9 Å². The number of carbonyl (C=O) groups is 1. The Bertz CT molecular complexity index is 1270. The van der Waals surface area contributed by atoms with Gasteiger partial charge in [-0.3, -0.25) is 9.59 Å². The summed E-state index contributed by atoms with van der Waals surface area (Å²) in [6, 6.07) is 15.1. The number of nitrogens with one attached hydrogen (secondary N) is 3. The molecule has 2 heterocycles. The average molecular weight is 544 g/mol. The van der Waals surface area contributed by atoms with E-state index in [0.29, 0.717) is 43.1 Å². The molecule has 0 aliphatic heterocycles. The number of rotatable bonds is 9. The SMILES string of the molecule is O=C(CCn1nnc(-c2ccc(I)cc2)n1)NCCCNc1n[nH]c(=O)c2ccccc12. The maximum Gasteiger partial charge on any atom is 0.272 e. The molecule has 4 rings (SSSR count). The quantitative estimate of drug-likeness (QED) is 0.218. The van der Waals surface area contributed by atoms with E-state index in [4.69, 9.17) is 0 Å². The fourth-order valence-electron chi connectivity index (χ4n) is 3.11. The van der Waals surface area contributed by atoms with Gasteiger partial charge in [0.2, 0.25) is 11.7 Å². The van der Waals surface area contributed by atoms with E-state index in [9.17, 15) is 9.59 Å². The Morgan fingerprint density at radius 2 is 1.84 bits per heavy atom. The van der Waals surface area contributed by atoms with E-state index >= 15 is 0 Å². The third-order valence-electron chi connectivity index (χ3n) is 4.76. The first-order chi connectivity index (χ1) is 15.6. The summed E-state index contributed by atoms with van der Waals surface area (Å²) in [4.78, 5) is 25.4. The second-order valence-electron chi connectivity index (χ2n) is 7.04. The lowest BCUT2D eigenvalue weighted by Gasteiger charge is -2.08. The van der Waals surface area contributed by atoms with Gasteiger partial charge in [0, 0.05) is 34.0 Å². The molecule has 1 amide bonds. The minimum absolute atomic E-state index is 0.0780. The lowest BCUT2D eigenvalue weighted by atomic mass is 10.2. The molecule has 164 valence electrons. The van der Waals surface area contributed by atoms with Crippen LogP contribution >= 0.6 is 22.6 Å². The second-order valence-corrected chi connectivity index (χ2v) is 8.29. The third-order valence-corrected chi connectivity index (χ3v) is 5.48. The van der Waals surface area contributed by atoms with E-state index in [0.717, 1.165) is 14.5 Å². The number of fused-ring (bicyclic) bond motifs is 1. The van der Waals surface area contributed by atoms with Gasteiger partial charge in [-0.05, 0) is 52.4 Å². The van der Waals surface area contributed by atoms with Crippen LogP contribution in [0.1, 0.15) is 12.8 Å². The number of carbonyl (C=O) groups excluding carboxylic acids is 1. The molecule has 11 heteroatoms. The molecule has 0 saturated heterocycles. The number of H-pyrrole nitrogens is 1. The molecule has 0 atom stereocenters. The summed E-state index contributed by atoms with van der Waals surface area (Å²) in [5, 5.41) is 26.4. The van der Waals surface area contributed by atoms with Crippen LogP contribution in [-0.2, 0) is 11.3 Å². The van der Waals surface area contributed by atoms with Crippen molar-refractivity contribution in [3.63, 3.8) is 0 Å². The van der Waals surface area contributed by atoms with E-state index < -0.39 is 0 Å². The van der Waals surface area contributed by atoms with Crippen molar-refractivity contribution in [3.05, 3.63) is 62.5 Å². The highest BCUT2D eigenvalue weighted by molar-refractivity contribution is 14.1. The lowest BCUT2D eigenvalue weighted by Crippen LogP contribution is -2.27. The fraction of sp³-hybridized carbons (Fsp3) is 0.238. The van der Waals surface area contributed by atoms with Gasteiger partial charge in [0.15, 0.2) is 5.82 Å². The zero-order valence-corrected chi connectivity index (χ0v) is 19.2. The maximum absolute atomic E-state index is 12.1. The number of hydrogen-bond acceptors (Lipinski definition) is 7. The van der Waals surface area contributed by atoms with Gasteiger partial charge in [0.1, 0.15) is 0 Å². The van der Waals surface area contributed by atoms with Gasteiger partial charge < -0.3 is 10.6 Å². The largest absolute Gasteiger partial charge is 0.368 e. The molecule has 4 aromatic rings. The van der Waals surface area contributed by atoms with Gasteiger partial charge >= 0.3 is 0 Å². The molecule has 0 saturated carbocycles. The van der Waals surface area contributed by atoms with Crippen LogP contribution in [0.25, 0.3) is 22.2 Å². The van der Waals surface area contributed by atoms with Crippen LogP contribution in [0.15, 0.2) is 53.3 Å². The van der Waals surface area contributed by atoms with Crippen molar-refractivity contribution in [2.75, 3.05) is 18.4 Å². The Hall–Kier alpha value is -3.35. The molecule has 0 aliphatic rings. The van der Waals surface area contributed by atoms with E-state index in [2.05, 4.69) is 58.8 Å². The van der Waals surface area contributed by atoms with Gasteiger partial charge in [-0.2, -0.15) is 9.90 Å². The summed E-state index contributed by atoms with van der Waals surface area (Å²) >= 11 is 2.24. The molecule has 0 unspecified atom stereocenters. The summed E-state index contributed by atoms with van der Waals surface area (Å²) in [5.41, 5.74) is 0.671. The summed E-state index contributed by atoms with van der Waals surface area (Å²) < 4.78 is 1.13. The Morgan fingerprint density at radius 3 is 2.66 bits per heavy atom. The first kappa shape index (κ1) is 21.9. The number of benzene rings is 2. The Kier molecular flexibility index (Phi) is 7.04. The smallest absolute Gasteiger partial charge is 0.272 e. The lowest BCUT2D eigenvalue weighted by molar-refractivity contribution is -0.121. The molecule has 32 heavy (non-hydrogen) atoms. The Balaban J connectivity index is 1.18. The molecule has 2 aromatic heterocycles. The zero-order valence-electron chi connectivity index (χ0n) is 17.1. The molecular weight excluding hydrogens is 523 g/mol. The number of aromatic nitrogens is 6. The summed E-state index contributed by atoms with van der Waals surface area (Å²) in [6.45, 7) is 1.48. The zero-order chi connectivity index (χ0) is 22.3. The highest BCUT2D eigenvalue weighted by atomic mass is 127. The molecule has 0 bridgehead atoms. The van der Waals surface area contributed by atoms with Gasteiger partial charge in [-0.25, -0.2) is 5.10 Å². The fourth-order valence-corrected chi connectivity index (χ4v) is 3.47. The Morgan fingerprint density at radius 1 is 1.06 bits per heavy atom. The van der Waals surface area contributed by atoms with Crippen LogP contribution in [0, 0.1) is 3.57 Å². The van der Waals surface area contributed by atoms with Crippen molar-refractivity contribution < 1.29 is 4.79 Å². The third kappa shape index (κ3) is 5.46. The number of aromatic amines is 1. The average Bonchev–Trinajstić information content (AvgIpc) is 3.28. The molecule has 2 aromatic carbocycles. The summed E-state index contributed by atoms with van der Waals surface area (Å²) in [7, 11) is 0. The molecule has 0 fully saturated rings. The van der Waals surface area contributed by atoms with Crippen molar-refractivity contribution in [1.29, 1.82) is 0 Å². The van der Waals surface area contributed by atoms with Crippen molar-refractivity contribution in [1.82, 2.24) is 35.7 Å². The molecule has 0 radical (unpaired) electrons. The normalized spacial score (nSPS) is 10.9. The van der Waals surface area contributed by atoms with Crippen molar-refractivity contribution in [2.45, 2.75) is 19.4 Å². The molecule has 3 N–H and O–H groups in total. The van der Waals surface area contributed by atoms with Gasteiger partial charge in [-0.15, -0.1) is 10.2 Å². The van der Waals surface area contributed by atoms with E-state index in [1.807, 2.05) is 42.5 Å². The van der Waals surface area contributed by atoms with Crippen molar-refractivity contribution in [2.24, 2.45) is 0 Å². The number of tetrazole rings is 1. The highest BCUT2D eigenvalue weighted by Gasteiger charge is 2.08. The number of halogens is 1. The van der Waals surface area contributed by atoms with E-state index in [1.54, 1.807) is 6.07 Å². The molecular formula is C21H21IN8O2. The summed E-state index contributed by atoms with van der Waals surface area (Å²) in [5.74, 6) is 1.08. The standard InChI is InChI=1S/C21H21IN8O2/c22-15-8-6-14(7-9-15)19-26-29-30(28-19)13-10-18(31)23-11-3-12-24-20-16-4-1-2-5-17(16)21(32)27-25-20/h1-2,4-9H,3,10-13H2,(H,23,31)(H,24,25)(H,27,32). The molecule has 10 nitrogen and oxygen atoms in total. The van der Waals surface area contributed by atoms with Crippen molar-refractivity contribution in [3.8, 4) is 11.4 Å². The predicted octanol–water partition coefficient (Wildman–Crippen LogP) is 2.19. The molecule has 0 aliphatic carbocycles. The predicted molar refractivity (Wildman–Crippen MR) is 129 cm³/mol. The first-order valence-electron chi connectivity index (χ1n) is 10.1. The number of aryl methyl sites for hydroxylation is 1. The van der Waals surface area contributed by atoms with E-state index in [-0.39, 0.29) is 17.9 Å². The second kappa shape index (κ2) is 10.3. The summed E-state index contributed by atoms with van der Waals surface area (Å²) in [6.07, 6.45) is 0.974. The van der Waals surface area contributed by atoms with Crippen LogP contribution < -0.4 is 16.2 Å². The monoisotopic (exact) mass is 544 g/mol. The number of anilines is 1. The van der Waals surface area contributed by atoms with Crippen LogP contribution in [0.5, 0.6) is 0 Å². The highest BCUT2D eigenvalue weighted by Crippen LogP contribution is 2.17. The Labute approximate surface area is 196 Å². The van der Waals surface area contributed by atoms with Crippen LogP contribution in [0.3, 0.4) is 0 Å². The van der Waals surface area contributed by atoms with Crippen LogP contribution in [0.4, 0.5) is 5.82 Å². The van der Waals surface area contributed by atoms with Crippen molar-refractivity contribution >= 4 is 45.1 Å². The topological polar surface area (TPSA) is 130 Å². The number of hydrogen-bond donors (Lipinski definition) is 3. The minimum Gasteiger partial charge on any atom is -0.368 e.